The Labute approximate surface area is 261 Å². The van der Waals surface area contributed by atoms with Crippen molar-refractivity contribution in [1.82, 2.24) is 10.2 Å². The van der Waals surface area contributed by atoms with E-state index in [1.165, 1.54) is 17.0 Å². The maximum Gasteiger partial charge on any atom is 0.244 e. The Morgan fingerprint density at radius 2 is 1.54 bits per heavy atom. The average Bonchev–Trinajstić information content (AvgIpc) is 2.91. The molecule has 0 aliphatic rings. The predicted molar refractivity (Wildman–Crippen MR) is 168 cm³/mol. The summed E-state index contributed by atoms with van der Waals surface area (Å²) in [5, 5.41) is 3.59. The molecule has 0 radical (unpaired) electrons. The second kappa shape index (κ2) is 15.1. The van der Waals surface area contributed by atoms with Crippen molar-refractivity contribution in [3.8, 4) is 0 Å². The Balaban J connectivity index is 2.07. The van der Waals surface area contributed by atoms with Gasteiger partial charge in [0.15, 0.2) is 0 Å². The zero-order valence-corrected chi connectivity index (χ0v) is 26.5. The van der Waals surface area contributed by atoms with Gasteiger partial charge in [-0.05, 0) is 41.8 Å². The third-order valence-electron chi connectivity index (χ3n) is 6.28. The fraction of sp³-hybridized carbons (Fsp3) is 0.310. The largest absolute Gasteiger partial charge is 0.354 e. The van der Waals surface area contributed by atoms with Crippen molar-refractivity contribution in [1.29, 1.82) is 0 Å². The Kier molecular flexibility index (Phi) is 12.2. The number of halogens is 4. The third-order valence-corrected chi connectivity index (χ3v) is 8.67. The number of amides is 2. The molecule has 1 atom stereocenters. The maximum absolute atomic E-state index is 14.1. The van der Waals surface area contributed by atoms with Gasteiger partial charge in [-0.1, -0.05) is 102 Å². The minimum atomic E-state index is -4.02. The fourth-order valence-electron chi connectivity index (χ4n) is 4.19. The normalized spacial score (nSPS) is 12.0. The SMILES string of the molecule is CCCCNC(=O)[C@@H](Cc1ccccc1)N(Cc1cccc(Cl)c1)C(=O)CN(c1cc(Cl)c(Cl)cc1Cl)S(C)(=O)=O. The first-order valence-corrected chi connectivity index (χ1v) is 16.2. The summed E-state index contributed by atoms with van der Waals surface area (Å²) in [4.78, 5) is 29.1. The highest BCUT2D eigenvalue weighted by atomic mass is 35.5. The molecule has 41 heavy (non-hydrogen) atoms. The molecule has 0 aromatic heterocycles. The van der Waals surface area contributed by atoms with Crippen molar-refractivity contribution in [3.63, 3.8) is 0 Å². The number of nitrogens with one attached hydrogen (secondary N) is 1. The first kappa shape index (κ1) is 33.0. The van der Waals surface area contributed by atoms with Gasteiger partial charge < -0.3 is 10.2 Å². The van der Waals surface area contributed by atoms with Crippen LogP contribution in [0.25, 0.3) is 0 Å². The minimum absolute atomic E-state index is 0.00263. The van der Waals surface area contributed by atoms with Gasteiger partial charge >= 0.3 is 0 Å². The summed E-state index contributed by atoms with van der Waals surface area (Å²) < 4.78 is 26.7. The number of hydrogen-bond acceptors (Lipinski definition) is 4. The molecule has 0 spiro atoms. The summed E-state index contributed by atoms with van der Waals surface area (Å²) in [5.41, 5.74) is 1.50. The molecule has 0 fully saturated rings. The maximum atomic E-state index is 14.1. The van der Waals surface area contributed by atoms with Crippen LogP contribution >= 0.6 is 46.4 Å². The van der Waals surface area contributed by atoms with E-state index < -0.39 is 28.5 Å². The van der Waals surface area contributed by atoms with Crippen LogP contribution in [0.3, 0.4) is 0 Å². The van der Waals surface area contributed by atoms with Crippen molar-refractivity contribution < 1.29 is 18.0 Å². The number of nitrogens with zero attached hydrogens (tertiary/aromatic N) is 2. The van der Waals surface area contributed by atoms with Gasteiger partial charge in [-0.15, -0.1) is 0 Å². The highest BCUT2D eigenvalue weighted by Gasteiger charge is 2.33. The summed E-state index contributed by atoms with van der Waals surface area (Å²) in [7, 11) is -4.02. The zero-order valence-electron chi connectivity index (χ0n) is 22.6. The van der Waals surface area contributed by atoms with Gasteiger partial charge in [0.2, 0.25) is 21.8 Å². The lowest BCUT2D eigenvalue weighted by molar-refractivity contribution is -0.140. The Morgan fingerprint density at radius 3 is 2.17 bits per heavy atom. The molecule has 0 unspecified atom stereocenters. The lowest BCUT2D eigenvalue weighted by Gasteiger charge is -2.33. The molecule has 0 aliphatic carbocycles. The van der Waals surface area contributed by atoms with Crippen LogP contribution in [-0.2, 0) is 32.6 Å². The highest BCUT2D eigenvalue weighted by Crippen LogP contribution is 2.35. The van der Waals surface area contributed by atoms with Crippen molar-refractivity contribution in [3.05, 3.63) is 97.9 Å². The van der Waals surface area contributed by atoms with Crippen LogP contribution in [0, 0.1) is 0 Å². The second-order valence-corrected chi connectivity index (χ2v) is 13.1. The van der Waals surface area contributed by atoms with E-state index in [1.807, 2.05) is 37.3 Å². The number of carbonyl (C=O) groups is 2. The van der Waals surface area contributed by atoms with Gasteiger partial charge in [0.05, 0.1) is 27.0 Å². The van der Waals surface area contributed by atoms with Gasteiger partial charge in [0.25, 0.3) is 0 Å². The summed E-state index contributed by atoms with van der Waals surface area (Å²) in [6.07, 6.45) is 2.81. The third kappa shape index (κ3) is 9.51. The molecule has 7 nitrogen and oxygen atoms in total. The molecule has 3 aromatic carbocycles. The number of anilines is 1. The van der Waals surface area contributed by atoms with Crippen molar-refractivity contribution in [2.45, 2.75) is 38.8 Å². The van der Waals surface area contributed by atoms with Crippen LogP contribution in [0.4, 0.5) is 5.69 Å². The molecule has 0 aliphatic heterocycles. The molecular weight excluding hydrogens is 628 g/mol. The van der Waals surface area contributed by atoms with Crippen LogP contribution in [0.15, 0.2) is 66.7 Å². The minimum Gasteiger partial charge on any atom is -0.354 e. The summed E-state index contributed by atoms with van der Waals surface area (Å²) >= 11 is 24.8. The summed E-state index contributed by atoms with van der Waals surface area (Å²) in [6.45, 7) is 1.82. The monoisotopic (exact) mass is 657 g/mol. The Hall–Kier alpha value is -2.49. The van der Waals surface area contributed by atoms with Gasteiger partial charge in [-0.2, -0.15) is 0 Å². The average molecular weight is 659 g/mol. The fourth-order valence-corrected chi connectivity index (χ4v) is 5.95. The van der Waals surface area contributed by atoms with E-state index in [-0.39, 0.29) is 39.6 Å². The molecule has 220 valence electrons. The lowest BCUT2D eigenvalue weighted by atomic mass is 10.0. The Bertz CT molecular complexity index is 1470. The van der Waals surface area contributed by atoms with Crippen LogP contribution in [0.5, 0.6) is 0 Å². The van der Waals surface area contributed by atoms with Crippen molar-refractivity contribution >= 4 is 73.9 Å². The van der Waals surface area contributed by atoms with E-state index in [0.717, 1.165) is 29.0 Å². The molecule has 0 bridgehead atoms. The number of benzene rings is 3. The number of carbonyl (C=O) groups excluding carboxylic acids is 2. The Morgan fingerprint density at radius 1 is 0.878 bits per heavy atom. The van der Waals surface area contributed by atoms with Gasteiger partial charge in [0.1, 0.15) is 12.6 Å². The van der Waals surface area contributed by atoms with E-state index in [4.69, 9.17) is 46.4 Å². The molecule has 2 amide bonds. The van der Waals surface area contributed by atoms with Crippen LogP contribution in [-0.4, -0.2) is 50.5 Å². The topological polar surface area (TPSA) is 86.8 Å². The molecule has 12 heteroatoms. The predicted octanol–water partition coefficient (Wildman–Crippen LogP) is 6.62. The molecule has 0 heterocycles. The van der Waals surface area contributed by atoms with E-state index in [0.29, 0.717) is 17.1 Å². The van der Waals surface area contributed by atoms with Crippen LogP contribution in [0.2, 0.25) is 20.1 Å². The van der Waals surface area contributed by atoms with Crippen LogP contribution < -0.4 is 9.62 Å². The quantitative estimate of drug-likeness (QED) is 0.165. The van der Waals surface area contributed by atoms with Crippen LogP contribution in [0.1, 0.15) is 30.9 Å². The zero-order chi connectivity index (χ0) is 30.2. The molecule has 1 N–H and O–H groups in total. The van der Waals surface area contributed by atoms with Gasteiger partial charge in [-0.25, -0.2) is 8.42 Å². The molecule has 0 saturated heterocycles. The van der Waals surface area contributed by atoms with E-state index in [2.05, 4.69) is 5.32 Å². The van der Waals surface area contributed by atoms with Gasteiger partial charge in [0, 0.05) is 24.5 Å². The van der Waals surface area contributed by atoms with Gasteiger partial charge in [-0.3, -0.25) is 13.9 Å². The van der Waals surface area contributed by atoms with Crippen molar-refractivity contribution in [2.75, 3.05) is 23.7 Å². The molecule has 0 saturated carbocycles. The molecule has 3 rings (SSSR count). The lowest BCUT2D eigenvalue weighted by Crippen LogP contribution is -2.53. The van der Waals surface area contributed by atoms with Crippen molar-refractivity contribution in [2.24, 2.45) is 0 Å². The first-order chi connectivity index (χ1) is 19.4. The molecular formula is C29H31Cl4N3O4S. The summed E-state index contributed by atoms with van der Waals surface area (Å²) in [6, 6.07) is 17.9. The molecule has 3 aromatic rings. The van der Waals surface area contributed by atoms with E-state index >= 15 is 0 Å². The number of unbranched alkanes of at least 4 members (excludes halogenated alkanes) is 1. The highest BCUT2D eigenvalue weighted by molar-refractivity contribution is 7.92. The first-order valence-electron chi connectivity index (χ1n) is 12.9. The standard InChI is InChI=1S/C29H31Cl4N3O4S/c1-3-4-13-34-29(38)27(15-20-9-6-5-7-10-20)35(18-21-11-8-12-22(30)14-21)28(37)19-36(41(2,39)40)26-17-24(32)23(31)16-25(26)33/h5-12,14,16-17,27H,3-4,13,15,18-19H2,1-2H3,(H,34,38)/t27-/m1/s1. The number of rotatable bonds is 13. The van der Waals surface area contributed by atoms with E-state index in [1.54, 1.807) is 24.3 Å². The second-order valence-electron chi connectivity index (χ2n) is 9.49. The van der Waals surface area contributed by atoms with E-state index in [9.17, 15) is 18.0 Å². The number of sulfonamides is 1. The summed E-state index contributed by atoms with van der Waals surface area (Å²) in [5.74, 6) is -0.972. The smallest absolute Gasteiger partial charge is 0.244 e. The number of hydrogen-bond donors (Lipinski definition) is 1.